The molecule has 7 heteroatoms. The number of nitrogens with zero attached hydrogens (tertiary/aromatic N) is 3. The van der Waals surface area contributed by atoms with Crippen molar-refractivity contribution < 1.29 is 4.79 Å². The lowest BCUT2D eigenvalue weighted by molar-refractivity contribution is 0.102. The quantitative estimate of drug-likeness (QED) is 0.888. The van der Waals surface area contributed by atoms with Gasteiger partial charge in [0.25, 0.3) is 5.91 Å². The van der Waals surface area contributed by atoms with Crippen LogP contribution in [0.25, 0.3) is 0 Å². The van der Waals surface area contributed by atoms with Crippen LogP contribution in [0.4, 0.5) is 5.69 Å². The van der Waals surface area contributed by atoms with Crippen molar-refractivity contribution in [3.8, 4) is 0 Å². The maximum Gasteiger partial charge on any atom is 0.277 e. The second-order valence-corrected chi connectivity index (χ2v) is 4.70. The Morgan fingerprint density at radius 2 is 2.21 bits per heavy atom. The summed E-state index contributed by atoms with van der Waals surface area (Å²) in [6.07, 6.45) is 1.46. The molecular weight excluding hydrogens is 266 g/mol. The van der Waals surface area contributed by atoms with Gasteiger partial charge in [-0.05, 0) is 12.1 Å². The molecule has 6 nitrogen and oxygen atoms in total. The zero-order valence-electron chi connectivity index (χ0n) is 10.0. The number of carbonyl (C=O) groups excluding carboxylic acids is 1. The summed E-state index contributed by atoms with van der Waals surface area (Å²) in [6, 6.07) is 7.30. The Balaban J connectivity index is 1.73. The first-order valence-electron chi connectivity index (χ1n) is 5.92. The van der Waals surface area contributed by atoms with E-state index in [-0.39, 0.29) is 17.6 Å². The zero-order chi connectivity index (χ0) is 13.2. The van der Waals surface area contributed by atoms with Gasteiger partial charge < -0.3 is 10.6 Å². The molecule has 1 aromatic carbocycles. The van der Waals surface area contributed by atoms with E-state index in [2.05, 4.69) is 20.8 Å². The van der Waals surface area contributed by atoms with Crippen molar-refractivity contribution in [1.82, 2.24) is 20.3 Å². The van der Waals surface area contributed by atoms with Gasteiger partial charge >= 0.3 is 0 Å². The number of para-hydroxylation sites is 1. The maximum atomic E-state index is 12.0. The summed E-state index contributed by atoms with van der Waals surface area (Å²) >= 11 is 5.98. The predicted molar refractivity (Wildman–Crippen MR) is 71.3 cm³/mol. The monoisotopic (exact) mass is 277 g/mol. The first kappa shape index (κ1) is 12.1. The van der Waals surface area contributed by atoms with Gasteiger partial charge in [0, 0.05) is 13.1 Å². The van der Waals surface area contributed by atoms with E-state index in [1.54, 1.807) is 29.1 Å². The number of hydrogen-bond acceptors (Lipinski definition) is 4. The van der Waals surface area contributed by atoms with Gasteiger partial charge in [0.2, 0.25) is 0 Å². The second-order valence-electron chi connectivity index (χ2n) is 4.30. The highest BCUT2D eigenvalue weighted by Gasteiger charge is 2.22. The topological polar surface area (TPSA) is 71.8 Å². The van der Waals surface area contributed by atoms with Crippen LogP contribution >= 0.6 is 11.6 Å². The molecule has 0 radical (unpaired) electrons. The molecule has 0 aliphatic carbocycles. The van der Waals surface area contributed by atoms with Crippen LogP contribution in [0.3, 0.4) is 0 Å². The van der Waals surface area contributed by atoms with E-state index in [1.165, 1.54) is 6.20 Å². The summed E-state index contributed by atoms with van der Waals surface area (Å²) in [5.74, 6) is -0.313. The minimum atomic E-state index is -0.313. The Bertz CT molecular complexity index is 608. The van der Waals surface area contributed by atoms with Crippen molar-refractivity contribution in [1.29, 1.82) is 0 Å². The zero-order valence-corrected chi connectivity index (χ0v) is 10.8. The highest BCUT2D eigenvalue weighted by Crippen LogP contribution is 2.21. The summed E-state index contributed by atoms with van der Waals surface area (Å²) in [5, 5.41) is 14.6. The summed E-state index contributed by atoms with van der Waals surface area (Å²) in [5.41, 5.74) is 0.848. The van der Waals surface area contributed by atoms with Gasteiger partial charge in [-0.15, -0.1) is 5.10 Å². The van der Waals surface area contributed by atoms with Crippen LogP contribution in [0.5, 0.6) is 0 Å². The Morgan fingerprint density at radius 3 is 2.89 bits per heavy atom. The minimum Gasteiger partial charge on any atom is -0.319 e. The number of amides is 1. The smallest absolute Gasteiger partial charge is 0.277 e. The van der Waals surface area contributed by atoms with Crippen LogP contribution in [-0.2, 0) is 0 Å². The number of nitrogens with one attached hydrogen (secondary N) is 2. The van der Waals surface area contributed by atoms with E-state index < -0.39 is 0 Å². The third kappa shape index (κ3) is 2.45. The predicted octanol–water partition coefficient (Wildman–Crippen LogP) is 1.33. The normalized spacial score (nSPS) is 15.0. The van der Waals surface area contributed by atoms with Crippen LogP contribution < -0.4 is 10.6 Å². The van der Waals surface area contributed by atoms with E-state index in [0.717, 1.165) is 13.1 Å². The minimum absolute atomic E-state index is 0.238. The number of rotatable bonds is 3. The number of halogens is 1. The fourth-order valence-electron chi connectivity index (χ4n) is 1.74. The molecule has 1 aliphatic rings. The maximum absolute atomic E-state index is 12.0. The molecule has 0 unspecified atom stereocenters. The average Bonchev–Trinajstić information content (AvgIpc) is 2.79. The summed E-state index contributed by atoms with van der Waals surface area (Å²) in [6.45, 7) is 1.67. The van der Waals surface area contributed by atoms with Crippen molar-refractivity contribution >= 4 is 23.2 Å². The molecule has 3 rings (SSSR count). The van der Waals surface area contributed by atoms with Crippen molar-refractivity contribution in [2.75, 3.05) is 18.4 Å². The van der Waals surface area contributed by atoms with E-state index >= 15 is 0 Å². The number of anilines is 1. The Morgan fingerprint density at radius 1 is 1.42 bits per heavy atom. The summed E-state index contributed by atoms with van der Waals surface area (Å²) < 4.78 is 0. The molecule has 2 heterocycles. The van der Waals surface area contributed by atoms with Crippen LogP contribution in [0.2, 0.25) is 5.02 Å². The molecule has 0 atom stereocenters. The molecule has 2 aromatic rings. The van der Waals surface area contributed by atoms with Gasteiger partial charge in [-0.2, -0.15) is 9.90 Å². The van der Waals surface area contributed by atoms with Gasteiger partial charge in [-0.3, -0.25) is 4.79 Å². The Hall–Kier alpha value is -1.92. The van der Waals surface area contributed by atoms with Crippen LogP contribution in [-0.4, -0.2) is 34.0 Å². The first-order chi connectivity index (χ1) is 9.24. The van der Waals surface area contributed by atoms with Crippen LogP contribution in [0.1, 0.15) is 16.5 Å². The van der Waals surface area contributed by atoms with Gasteiger partial charge in [0.05, 0.1) is 22.9 Å². The van der Waals surface area contributed by atoms with Crippen LogP contribution in [0.15, 0.2) is 30.5 Å². The number of benzene rings is 1. The lowest BCUT2D eigenvalue weighted by Crippen LogP contribution is -2.44. The second kappa shape index (κ2) is 4.99. The number of aromatic nitrogens is 3. The third-order valence-electron chi connectivity index (χ3n) is 2.95. The molecule has 98 valence electrons. The van der Waals surface area contributed by atoms with Crippen molar-refractivity contribution in [2.45, 2.75) is 6.04 Å². The lowest BCUT2D eigenvalue weighted by atomic mass is 10.2. The van der Waals surface area contributed by atoms with E-state index in [9.17, 15) is 4.79 Å². The highest BCUT2D eigenvalue weighted by atomic mass is 35.5. The molecule has 2 N–H and O–H groups in total. The van der Waals surface area contributed by atoms with E-state index in [0.29, 0.717) is 10.7 Å². The fraction of sp³-hybridized carbons (Fsp3) is 0.250. The van der Waals surface area contributed by atoms with Crippen LogP contribution in [0, 0.1) is 0 Å². The highest BCUT2D eigenvalue weighted by molar-refractivity contribution is 6.33. The standard InChI is InChI=1S/C12H12ClN5O/c13-9-3-1-2-4-10(9)16-12(19)11-7-15-18(17-11)8-5-14-6-8/h1-4,7-8,14H,5-6H2,(H,16,19). The SMILES string of the molecule is O=C(Nc1ccccc1Cl)c1cnn(C2CNC2)n1. The molecule has 0 saturated carbocycles. The van der Waals surface area contributed by atoms with Crippen molar-refractivity contribution in [3.63, 3.8) is 0 Å². The molecule has 1 amide bonds. The van der Waals surface area contributed by atoms with Gasteiger partial charge in [-0.25, -0.2) is 0 Å². The Kier molecular flexibility index (Phi) is 3.18. The molecule has 1 aliphatic heterocycles. The first-order valence-corrected chi connectivity index (χ1v) is 6.30. The summed E-state index contributed by atoms with van der Waals surface area (Å²) in [7, 11) is 0. The molecule has 1 saturated heterocycles. The molecular formula is C12H12ClN5O. The third-order valence-corrected chi connectivity index (χ3v) is 3.28. The van der Waals surface area contributed by atoms with Gasteiger partial charge in [0.1, 0.15) is 0 Å². The van der Waals surface area contributed by atoms with Gasteiger partial charge in [-0.1, -0.05) is 23.7 Å². The molecule has 19 heavy (non-hydrogen) atoms. The average molecular weight is 278 g/mol. The van der Waals surface area contributed by atoms with E-state index in [1.807, 2.05) is 0 Å². The molecule has 1 aromatic heterocycles. The van der Waals surface area contributed by atoms with Crippen molar-refractivity contribution in [3.05, 3.63) is 41.2 Å². The Labute approximate surface area is 114 Å². The number of hydrogen-bond donors (Lipinski definition) is 2. The van der Waals surface area contributed by atoms with Crippen molar-refractivity contribution in [2.24, 2.45) is 0 Å². The van der Waals surface area contributed by atoms with Gasteiger partial charge in [0.15, 0.2) is 5.69 Å². The number of carbonyl (C=O) groups is 1. The van der Waals surface area contributed by atoms with E-state index in [4.69, 9.17) is 11.6 Å². The molecule has 1 fully saturated rings. The largest absolute Gasteiger partial charge is 0.319 e. The molecule has 0 spiro atoms. The molecule has 0 bridgehead atoms. The lowest BCUT2D eigenvalue weighted by Gasteiger charge is -2.25. The fourth-order valence-corrected chi connectivity index (χ4v) is 1.92. The summed E-state index contributed by atoms with van der Waals surface area (Å²) in [4.78, 5) is 13.6.